The summed E-state index contributed by atoms with van der Waals surface area (Å²) in [7, 11) is -4.04. The third kappa shape index (κ3) is 4.87. The first kappa shape index (κ1) is 25.2. The van der Waals surface area contributed by atoms with E-state index in [0.717, 1.165) is 16.7 Å². The molecule has 3 heterocycles. The highest BCUT2D eigenvalue weighted by Crippen LogP contribution is 2.34. The van der Waals surface area contributed by atoms with Crippen LogP contribution in [-0.2, 0) is 16.6 Å². The van der Waals surface area contributed by atoms with Gasteiger partial charge >= 0.3 is 0 Å². The van der Waals surface area contributed by atoms with E-state index in [0.29, 0.717) is 34.1 Å². The molecule has 1 N–H and O–H groups in total. The monoisotopic (exact) mass is 553 g/mol. The Bertz CT molecular complexity index is 1900. The molecule has 6 rings (SSSR count). The van der Waals surface area contributed by atoms with Gasteiger partial charge in [-0.3, -0.25) is 0 Å². The number of aromatic nitrogens is 6. The summed E-state index contributed by atoms with van der Waals surface area (Å²) in [5, 5.41) is 16.8. The Labute approximate surface area is 229 Å². The Morgan fingerprint density at radius 2 is 1.73 bits per heavy atom. The number of aryl methyl sites for hydroxylation is 1. The van der Waals surface area contributed by atoms with Crippen molar-refractivity contribution in [3.8, 4) is 34.0 Å². The molecule has 3 aromatic carbocycles. The minimum absolute atomic E-state index is 0.0742. The van der Waals surface area contributed by atoms with Crippen LogP contribution < -0.4 is 4.72 Å². The molecule has 0 aliphatic rings. The molecular weight excluding hydrogens is 530 g/mol. The molecule has 0 aliphatic heterocycles. The zero-order valence-corrected chi connectivity index (χ0v) is 22.3. The molecule has 11 nitrogen and oxygen atoms in total. The number of tetrazole rings is 1. The van der Waals surface area contributed by atoms with Crippen molar-refractivity contribution in [1.82, 2.24) is 30.3 Å². The van der Waals surface area contributed by atoms with Crippen molar-refractivity contribution >= 4 is 15.9 Å². The zero-order chi connectivity index (χ0) is 27.7. The predicted octanol–water partition coefficient (Wildman–Crippen LogP) is 5.12. The molecule has 0 saturated heterocycles. The van der Waals surface area contributed by atoms with E-state index in [1.165, 1.54) is 11.1 Å². The molecule has 0 unspecified atom stereocenters. The van der Waals surface area contributed by atoms with Crippen molar-refractivity contribution in [3.05, 3.63) is 102 Å². The number of nitrogens with zero attached hydrogens (tertiary/aromatic N) is 6. The van der Waals surface area contributed by atoms with Crippen LogP contribution in [0.5, 0.6) is 0 Å². The Kier molecular flexibility index (Phi) is 6.44. The molecule has 200 valence electrons. The van der Waals surface area contributed by atoms with Gasteiger partial charge in [-0.15, -0.1) is 10.2 Å². The lowest BCUT2D eigenvalue weighted by atomic mass is 9.97. The first-order chi connectivity index (χ1) is 19.4. The standard InChI is InChI=1S/C28H23N7O4S/c1-18-19(2)32-39-27(18)33-40(36,37)25-11-7-6-10-24(25)23-13-12-21(28-29-14-15-38-28)16-22(23)17-35-31-26(30-34-35)20-8-4-3-5-9-20/h3-16,33H,17H2,1-2H3. The molecule has 0 amide bonds. The molecule has 3 aromatic heterocycles. The fourth-order valence-corrected chi connectivity index (χ4v) is 5.53. The second-order valence-electron chi connectivity index (χ2n) is 9.04. The summed E-state index contributed by atoms with van der Waals surface area (Å²) in [5.74, 6) is 0.992. The van der Waals surface area contributed by atoms with Gasteiger partial charge in [-0.1, -0.05) is 59.8 Å². The highest BCUT2D eigenvalue weighted by Gasteiger charge is 2.24. The fourth-order valence-electron chi connectivity index (χ4n) is 4.26. The number of benzene rings is 3. The second-order valence-corrected chi connectivity index (χ2v) is 10.7. The SMILES string of the molecule is Cc1noc(NS(=O)(=O)c2ccccc2-c2ccc(-c3ncco3)cc2Cn2nnc(-c3ccccc3)n2)c1C. The summed E-state index contributed by atoms with van der Waals surface area (Å²) in [6, 6.07) is 21.8. The van der Waals surface area contributed by atoms with Gasteiger partial charge in [0.05, 0.1) is 23.3 Å². The van der Waals surface area contributed by atoms with Crippen molar-refractivity contribution < 1.29 is 17.4 Å². The number of nitrogens with one attached hydrogen (secondary N) is 1. The molecule has 0 spiro atoms. The number of rotatable bonds is 8. The van der Waals surface area contributed by atoms with E-state index in [2.05, 4.69) is 30.3 Å². The smallest absolute Gasteiger partial charge is 0.264 e. The second kappa shape index (κ2) is 10.2. The molecule has 0 atom stereocenters. The Morgan fingerprint density at radius 1 is 0.925 bits per heavy atom. The minimum atomic E-state index is -4.04. The van der Waals surface area contributed by atoms with Crippen LogP contribution in [0.4, 0.5) is 5.88 Å². The van der Waals surface area contributed by atoms with Gasteiger partial charge in [0, 0.05) is 22.3 Å². The molecule has 0 aliphatic carbocycles. The first-order valence-corrected chi connectivity index (χ1v) is 13.8. The predicted molar refractivity (Wildman–Crippen MR) is 147 cm³/mol. The van der Waals surface area contributed by atoms with Gasteiger partial charge in [0.15, 0.2) is 0 Å². The van der Waals surface area contributed by atoms with Gasteiger partial charge in [0.25, 0.3) is 10.0 Å². The number of hydrogen-bond donors (Lipinski definition) is 1. The number of sulfonamides is 1. The Balaban J connectivity index is 1.43. The van der Waals surface area contributed by atoms with Crippen molar-refractivity contribution in [2.75, 3.05) is 4.72 Å². The van der Waals surface area contributed by atoms with Gasteiger partial charge in [-0.2, -0.15) is 4.80 Å². The summed E-state index contributed by atoms with van der Waals surface area (Å²) in [4.78, 5) is 5.80. The van der Waals surface area contributed by atoms with E-state index >= 15 is 0 Å². The number of oxazole rings is 1. The summed E-state index contributed by atoms with van der Waals surface area (Å²) in [6.45, 7) is 3.70. The maximum atomic E-state index is 13.6. The lowest BCUT2D eigenvalue weighted by molar-refractivity contribution is 0.430. The van der Waals surface area contributed by atoms with Crippen molar-refractivity contribution in [3.63, 3.8) is 0 Å². The van der Waals surface area contributed by atoms with E-state index in [9.17, 15) is 8.42 Å². The van der Waals surface area contributed by atoms with Gasteiger partial charge < -0.3 is 8.94 Å². The fraction of sp³-hybridized carbons (Fsp3) is 0.107. The van der Waals surface area contributed by atoms with Gasteiger partial charge in [-0.25, -0.2) is 18.1 Å². The number of anilines is 1. The van der Waals surface area contributed by atoms with E-state index < -0.39 is 10.0 Å². The van der Waals surface area contributed by atoms with Crippen molar-refractivity contribution in [2.45, 2.75) is 25.3 Å². The van der Waals surface area contributed by atoms with Crippen LogP contribution in [0.3, 0.4) is 0 Å². The van der Waals surface area contributed by atoms with Crippen LogP contribution in [0.15, 0.2) is 99.1 Å². The average molecular weight is 554 g/mol. The third-order valence-corrected chi connectivity index (χ3v) is 7.82. The summed E-state index contributed by atoms with van der Waals surface area (Å²) in [5.41, 5.74) is 4.67. The molecule has 0 bridgehead atoms. The van der Waals surface area contributed by atoms with Crippen LogP contribution in [-0.4, -0.2) is 38.8 Å². The van der Waals surface area contributed by atoms with Gasteiger partial charge in [-0.05, 0) is 48.4 Å². The van der Waals surface area contributed by atoms with Gasteiger partial charge in [0.2, 0.25) is 17.6 Å². The normalized spacial score (nSPS) is 11.6. The average Bonchev–Trinajstić information content (AvgIpc) is 3.74. The Morgan fingerprint density at radius 3 is 2.48 bits per heavy atom. The van der Waals surface area contributed by atoms with Crippen LogP contribution >= 0.6 is 0 Å². The van der Waals surface area contributed by atoms with Crippen LogP contribution in [0, 0.1) is 13.8 Å². The largest absolute Gasteiger partial charge is 0.445 e. The number of hydrogen-bond acceptors (Lipinski definition) is 9. The van der Waals surface area contributed by atoms with Crippen molar-refractivity contribution in [1.29, 1.82) is 0 Å². The third-order valence-electron chi connectivity index (χ3n) is 6.43. The lowest BCUT2D eigenvalue weighted by Gasteiger charge is -2.15. The maximum Gasteiger partial charge on any atom is 0.264 e. The highest BCUT2D eigenvalue weighted by molar-refractivity contribution is 7.92. The summed E-state index contributed by atoms with van der Waals surface area (Å²) in [6.07, 6.45) is 3.06. The first-order valence-electron chi connectivity index (χ1n) is 12.3. The van der Waals surface area contributed by atoms with Crippen LogP contribution in [0.25, 0.3) is 34.0 Å². The van der Waals surface area contributed by atoms with E-state index in [4.69, 9.17) is 8.94 Å². The molecule has 12 heteroatoms. The van der Waals surface area contributed by atoms with Crippen molar-refractivity contribution in [2.24, 2.45) is 0 Å². The molecular formula is C28H23N7O4S. The molecule has 40 heavy (non-hydrogen) atoms. The lowest BCUT2D eigenvalue weighted by Crippen LogP contribution is -2.15. The minimum Gasteiger partial charge on any atom is -0.445 e. The van der Waals surface area contributed by atoms with Crippen LogP contribution in [0.1, 0.15) is 16.8 Å². The molecule has 0 radical (unpaired) electrons. The maximum absolute atomic E-state index is 13.6. The summed E-state index contributed by atoms with van der Waals surface area (Å²) >= 11 is 0. The topological polar surface area (TPSA) is 142 Å². The molecule has 6 aromatic rings. The zero-order valence-electron chi connectivity index (χ0n) is 21.5. The summed E-state index contributed by atoms with van der Waals surface area (Å²) < 4.78 is 40.4. The highest BCUT2D eigenvalue weighted by atomic mass is 32.2. The van der Waals surface area contributed by atoms with E-state index in [-0.39, 0.29) is 17.3 Å². The van der Waals surface area contributed by atoms with E-state index in [1.54, 1.807) is 44.3 Å². The van der Waals surface area contributed by atoms with Crippen LogP contribution in [0.2, 0.25) is 0 Å². The quantitative estimate of drug-likeness (QED) is 0.272. The Hall–Kier alpha value is -5.10. The molecule has 0 fully saturated rings. The van der Waals surface area contributed by atoms with E-state index in [1.807, 2.05) is 48.5 Å². The van der Waals surface area contributed by atoms with Gasteiger partial charge in [0.1, 0.15) is 6.26 Å². The molecule has 0 saturated carbocycles.